The summed E-state index contributed by atoms with van der Waals surface area (Å²) in [7, 11) is 0. The smallest absolute Gasteiger partial charge is 0.0979 e. The van der Waals surface area contributed by atoms with E-state index in [2.05, 4.69) is 26.2 Å². The molecule has 2 aromatic rings. The maximum absolute atomic E-state index is 6.07. The first-order valence-corrected chi connectivity index (χ1v) is 6.25. The second kappa shape index (κ2) is 4.73. The molecule has 6 heteroatoms. The van der Waals surface area contributed by atoms with Gasteiger partial charge in [0, 0.05) is 9.50 Å². The zero-order chi connectivity index (χ0) is 11.7. The van der Waals surface area contributed by atoms with Crippen LogP contribution in [0.2, 0.25) is 5.02 Å². The number of hydrogen-bond donors (Lipinski definition) is 0. The van der Waals surface area contributed by atoms with Crippen molar-refractivity contribution in [2.75, 3.05) is 0 Å². The van der Waals surface area contributed by atoms with E-state index in [0.717, 1.165) is 21.4 Å². The predicted octanol–water partition coefficient (Wildman–Crippen LogP) is 3.73. The molecule has 0 saturated heterocycles. The molecule has 0 atom stereocenters. The van der Waals surface area contributed by atoms with Gasteiger partial charge in [-0.05, 0) is 40.5 Å². The quantitative estimate of drug-likeness (QED) is 0.789. The highest BCUT2D eigenvalue weighted by atomic mass is 79.9. The van der Waals surface area contributed by atoms with E-state index in [1.54, 1.807) is 10.9 Å². The van der Waals surface area contributed by atoms with Gasteiger partial charge >= 0.3 is 0 Å². The Morgan fingerprint density at radius 3 is 2.81 bits per heavy atom. The maximum atomic E-state index is 6.07. The number of aromatic nitrogens is 3. The minimum absolute atomic E-state index is 0.344. The van der Waals surface area contributed by atoms with Crippen LogP contribution in [0.15, 0.2) is 22.8 Å². The van der Waals surface area contributed by atoms with Crippen LogP contribution in [-0.2, 0) is 5.88 Å². The number of alkyl halides is 1. The van der Waals surface area contributed by atoms with Crippen molar-refractivity contribution in [2.45, 2.75) is 12.8 Å². The molecule has 0 spiro atoms. The molecule has 0 fully saturated rings. The minimum atomic E-state index is 0.344. The van der Waals surface area contributed by atoms with Crippen LogP contribution in [0.5, 0.6) is 0 Å². The van der Waals surface area contributed by atoms with Gasteiger partial charge in [-0.25, -0.2) is 4.68 Å². The molecule has 0 aliphatic heterocycles. The van der Waals surface area contributed by atoms with Crippen LogP contribution >= 0.6 is 39.1 Å². The van der Waals surface area contributed by atoms with Gasteiger partial charge in [0.1, 0.15) is 0 Å². The van der Waals surface area contributed by atoms with Crippen molar-refractivity contribution in [3.63, 3.8) is 0 Å². The van der Waals surface area contributed by atoms with Crippen LogP contribution in [0.3, 0.4) is 0 Å². The highest BCUT2D eigenvalue weighted by molar-refractivity contribution is 9.10. The number of nitrogens with zero attached hydrogens (tertiary/aromatic N) is 3. The average molecular weight is 321 g/mol. The molecule has 3 nitrogen and oxygen atoms in total. The summed E-state index contributed by atoms with van der Waals surface area (Å²) in [6.45, 7) is 1.95. The number of benzene rings is 1. The van der Waals surface area contributed by atoms with Gasteiger partial charge in [0.15, 0.2) is 0 Å². The van der Waals surface area contributed by atoms with Crippen LogP contribution in [-0.4, -0.2) is 15.0 Å². The third kappa shape index (κ3) is 2.24. The van der Waals surface area contributed by atoms with E-state index in [0.29, 0.717) is 10.9 Å². The van der Waals surface area contributed by atoms with Crippen molar-refractivity contribution in [1.29, 1.82) is 0 Å². The first-order valence-electron chi connectivity index (χ1n) is 4.55. The van der Waals surface area contributed by atoms with Crippen molar-refractivity contribution >= 4 is 39.1 Å². The second-order valence-electron chi connectivity index (χ2n) is 3.34. The van der Waals surface area contributed by atoms with Gasteiger partial charge in [-0.15, -0.1) is 16.7 Å². The molecule has 2 rings (SSSR count). The van der Waals surface area contributed by atoms with Crippen LogP contribution in [0.1, 0.15) is 11.3 Å². The number of hydrogen-bond acceptors (Lipinski definition) is 2. The number of rotatable bonds is 2. The van der Waals surface area contributed by atoms with Crippen LogP contribution in [0, 0.1) is 6.92 Å². The van der Waals surface area contributed by atoms with Crippen molar-refractivity contribution < 1.29 is 0 Å². The molecule has 0 bridgehead atoms. The zero-order valence-electron chi connectivity index (χ0n) is 8.41. The summed E-state index contributed by atoms with van der Waals surface area (Å²) < 4.78 is 2.56. The largest absolute Gasteiger partial charge is 0.219 e. The van der Waals surface area contributed by atoms with Gasteiger partial charge in [0.25, 0.3) is 0 Å². The maximum Gasteiger partial charge on any atom is 0.0979 e. The molecule has 0 N–H and O–H groups in total. The van der Waals surface area contributed by atoms with Gasteiger partial charge in [0.05, 0.1) is 23.5 Å². The topological polar surface area (TPSA) is 30.7 Å². The molecule has 84 valence electrons. The molecule has 0 unspecified atom stereocenters. The van der Waals surface area contributed by atoms with Gasteiger partial charge < -0.3 is 0 Å². The molecule has 0 saturated carbocycles. The van der Waals surface area contributed by atoms with Crippen molar-refractivity contribution in [2.24, 2.45) is 0 Å². The van der Waals surface area contributed by atoms with Gasteiger partial charge in [-0.2, -0.15) is 0 Å². The Morgan fingerprint density at radius 2 is 2.19 bits per heavy atom. The van der Waals surface area contributed by atoms with Gasteiger partial charge in [-0.1, -0.05) is 16.8 Å². The molecule has 0 amide bonds. The highest BCUT2D eigenvalue weighted by Crippen LogP contribution is 2.27. The third-order valence-corrected chi connectivity index (χ3v) is 3.47. The highest BCUT2D eigenvalue weighted by Gasteiger charge is 2.08. The molecule has 16 heavy (non-hydrogen) atoms. The minimum Gasteiger partial charge on any atom is -0.219 e. The summed E-state index contributed by atoms with van der Waals surface area (Å²) in [5.41, 5.74) is 2.58. The fourth-order valence-corrected chi connectivity index (χ4v) is 2.21. The summed E-state index contributed by atoms with van der Waals surface area (Å²) in [5, 5.41) is 8.60. The normalized spacial score (nSPS) is 10.8. The fraction of sp³-hybridized carbons (Fsp3) is 0.200. The zero-order valence-corrected chi connectivity index (χ0v) is 11.5. The Morgan fingerprint density at radius 1 is 1.44 bits per heavy atom. The van der Waals surface area contributed by atoms with Crippen LogP contribution in [0.25, 0.3) is 5.69 Å². The Hall–Kier alpha value is -0.580. The molecule has 0 aliphatic carbocycles. The van der Waals surface area contributed by atoms with Crippen molar-refractivity contribution in [3.05, 3.63) is 39.1 Å². The predicted molar refractivity (Wildman–Crippen MR) is 68.4 cm³/mol. The number of halogens is 3. The lowest BCUT2D eigenvalue weighted by atomic mass is 10.2. The molecule has 0 aliphatic rings. The molecular formula is C10H8BrCl2N3. The summed E-state index contributed by atoms with van der Waals surface area (Å²) in [4.78, 5) is 0. The first kappa shape index (κ1) is 11.9. The van der Waals surface area contributed by atoms with Crippen molar-refractivity contribution in [3.8, 4) is 5.69 Å². The summed E-state index contributed by atoms with van der Waals surface area (Å²) in [6, 6.07) is 3.79. The molecule has 1 aromatic carbocycles. The molecule has 0 radical (unpaired) electrons. The van der Waals surface area contributed by atoms with Gasteiger partial charge in [-0.3, -0.25) is 0 Å². The standard InChI is InChI=1S/C10H8BrCl2N3/c1-6-2-8(11)10(3-9(6)13)16-5-7(4-12)14-15-16/h2-3,5H,4H2,1H3. The van der Waals surface area contributed by atoms with E-state index >= 15 is 0 Å². The molecular weight excluding hydrogens is 313 g/mol. The fourth-order valence-electron chi connectivity index (χ4n) is 1.29. The van der Waals surface area contributed by atoms with Crippen LogP contribution in [0.4, 0.5) is 0 Å². The van der Waals surface area contributed by atoms with E-state index in [1.807, 2.05) is 19.1 Å². The second-order valence-corrected chi connectivity index (χ2v) is 4.87. The van der Waals surface area contributed by atoms with Gasteiger partial charge in [0.2, 0.25) is 0 Å². The van der Waals surface area contributed by atoms with E-state index in [-0.39, 0.29) is 0 Å². The SMILES string of the molecule is Cc1cc(Br)c(-n2cc(CCl)nn2)cc1Cl. The van der Waals surface area contributed by atoms with Crippen molar-refractivity contribution in [1.82, 2.24) is 15.0 Å². The van der Waals surface area contributed by atoms with E-state index < -0.39 is 0 Å². The van der Waals surface area contributed by atoms with E-state index in [9.17, 15) is 0 Å². The third-order valence-electron chi connectivity index (χ3n) is 2.15. The lowest BCUT2D eigenvalue weighted by Gasteiger charge is -2.06. The molecule has 1 aromatic heterocycles. The van der Waals surface area contributed by atoms with Crippen LogP contribution < -0.4 is 0 Å². The average Bonchev–Trinajstić information content (AvgIpc) is 2.71. The summed E-state index contributed by atoms with van der Waals surface area (Å²) >= 11 is 15.2. The lowest BCUT2D eigenvalue weighted by molar-refractivity contribution is 0.797. The Bertz CT molecular complexity index is 525. The molecule has 1 heterocycles. The summed E-state index contributed by atoms with van der Waals surface area (Å²) in [6.07, 6.45) is 1.78. The first-order chi connectivity index (χ1) is 7.61. The Labute approximate surface area is 111 Å². The Kier molecular flexibility index (Phi) is 3.52. The lowest BCUT2D eigenvalue weighted by Crippen LogP contribution is -1.97. The van der Waals surface area contributed by atoms with E-state index in [4.69, 9.17) is 23.2 Å². The number of aryl methyl sites for hydroxylation is 1. The summed E-state index contributed by atoms with van der Waals surface area (Å²) in [5.74, 6) is 0.344. The van der Waals surface area contributed by atoms with E-state index in [1.165, 1.54) is 0 Å². The monoisotopic (exact) mass is 319 g/mol. The Balaban J connectivity index is 2.51.